The summed E-state index contributed by atoms with van der Waals surface area (Å²) in [4.78, 5) is 23.2. The number of aryl methyl sites for hydroxylation is 2. The number of alkyl halides is 3. The Bertz CT molecular complexity index is 1130. The SMILES string of the molecule is Cc1cc(Cc2cccc(C(F)(F)F)c2)cc([C@@H]2CN(C(=O)c3nccn3C)CCO2)n1. The lowest BCUT2D eigenvalue weighted by Gasteiger charge is -2.32. The number of carbonyl (C=O) groups excluding carboxylic acids is 1. The van der Waals surface area contributed by atoms with Crippen LogP contribution in [0, 0.1) is 6.92 Å². The van der Waals surface area contributed by atoms with Crippen molar-refractivity contribution in [3.63, 3.8) is 0 Å². The number of imidazole rings is 1. The molecule has 0 saturated carbocycles. The number of nitrogens with zero attached hydrogens (tertiary/aromatic N) is 4. The largest absolute Gasteiger partial charge is 0.416 e. The minimum atomic E-state index is -4.38. The van der Waals surface area contributed by atoms with Gasteiger partial charge in [-0.1, -0.05) is 18.2 Å². The monoisotopic (exact) mass is 444 g/mol. The van der Waals surface area contributed by atoms with Crippen molar-refractivity contribution in [2.24, 2.45) is 7.05 Å². The maximum absolute atomic E-state index is 13.0. The molecule has 3 heterocycles. The highest BCUT2D eigenvalue weighted by Crippen LogP contribution is 2.30. The number of benzene rings is 1. The van der Waals surface area contributed by atoms with Gasteiger partial charge in [0, 0.05) is 31.7 Å². The zero-order valence-corrected chi connectivity index (χ0v) is 17.8. The van der Waals surface area contributed by atoms with E-state index in [0.717, 1.165) is 17.3 Å². The van der Waals surface area contributed by atoms with E-state index in [9.17, 15) is 18.0 Å². The summed E-state index contributed by atoms with van der Waals surface area (Å²) in [5.74, 6) is 0.177. The van der Waals surface area contributed by atoms with E-state index in [2.05, 4.69) is 9.97 Å². The Balaban J connectivity index is 1.54. The topological polar surface area (TPSA) is 60.2 Å². The number of amides is 1. The molecular weight excluding hydrogens is 421 g/mol. The van der Waals surface area contributed by atoms with E-state index in [-0.39, 0.29) is 5.91 Å². The molecule has 4 rings (SSSR count). The molecule has 0 unspecified atom stereocenters. The van der Waals surface area contributed by atoms with Crippen molar-refractivity contribution >= 4 is 5.91 Å². The molecule has 2 aromatic heterocycles. The first-order valence-electron chi connectivity index (χ1n) is 10.2. The van der Waals surface area contributed by atoms with Gasteiger partial charge in [0.2, 0.25) is 0 Å². The van der Waals surface area contributed by atoms with Gasteiger partial charge in [0.25, 0.3) is 5.91 Å². The van der Waals surface area contributed by atoms with Gasteiger partial charge >= 0.3 is 6.18 Å². The lowest BCUT2D eigenvalue weighted by molar-refractivity contribution is -0.137. The van der Waals surface area contributed by atoms with Crippen LogP contribution in [0.25, 0.3) is 0 Å². The normalized spacial score (nSPS) is 16.9. The second-order valence-corrected chi connectivity index (χ2v) is 7.89. The molecule has 1 amide bonds. The van der Waals surface area contributed by atoms with Crippen molar-refractivity contribution in [3.8, 4) is 0 Å². The molecule has 9 heteroatoms. The second kappa shape index (κ2) is 8.74. The van der Waals surface area contributed by atoms with Crippen LogP contribution in [0.15, 0.2) is 48.8 Å². The molecule has 3 aromatic rings. The molecule has 168 valence electrons. The molecule has 1 aliphatic rings. The van der Waals surface area contributed by atoms with Crippen LogP contribution in [-0.4, -0.2) is 45.0 Å². The summed E-state index contributed by atoms with van der Waals surface area (Å²) in [6.07, 6.45) is -1.17. The van der Waals surface area contributed by atoms with Crippen LogP contribution in [-0.2, 0) is 24.4 Å². The maximum Gasteiger partial charge on any atom is 0.416 e. The van der Waals surface area contributed by atoms with Crippen molar-refractivity contribution < 1.29 is 22.7 Å². The zero-order chi connectivity index (χ0) is 22.9. The van der Waals surface area contributed by atoms with Crippen LogP contribution in [0.1, 0.15) is 44.8 Å². The lowest BCUT2D eigenvalue weighted by Crippen LogP contribution is -2.43. The van der Waals surface area contributed by atoms with Crippen LogP contribution in [0.3, 0.4) is 0 Å². The highest BCUT2D eigenvalue weighted by Gasteiger charge is 2.31. The number of ether oxygens (including phenoxy) is 1. The summed E-state index contributed by atoms with van der Waals surface area (Å²) in [7, 11) is 1.76. The van der Waals surface area contributed by atoms with Crippen LogP contribution >= 0.6 is 0 Å². The van der Waals surface area contributed by atoms with Gasteiger partial charge in [0.15, 0.2) is 5.82 Å². The average molecular weight is 444 g/mol. The van der Waals surface area contributed by atoms with E-state index >= 15 is 0 Å². The molecule has 0 spiro atoms. The number of morpholine rings is 1. The third kappa shape index (κ3) is 4.83. The van der Waals surface area contributed by atoms with Crippen molar-refractivity contribution in [1.82, 2.24) is 19.4 Å². The third-order valence-electron chi connectivity index (χ3n) is 5.39. The fourth-order valence-electron chi connectivity index (χ4n) is 3.85. The number of hydrogen-bond donors (Lipinski definition) is 0. The molecule has 1 saturated heterocycles. The molecule has 1 atom stereocenters. The van der Waals surface area contributed by atoms with E-state index < -0.39 is 17.8 Å². The molecule has 0 N–H and O–H groups in total. The number of carbonyl (C=O) groups is 1. The lowest BCUT2D eigenvalue weighted by atomic mass is 10.0. The van der Waals surface area contributed by atoms with E-state index in [1.54, 1.807) is 35.0 Å². The predicted molar refractivity (Wildman–Crippen MR) is 111 cm³/mol. The van der Waals surface area contributed by atoms with Gasteiger partial charge < -0.3 is 14.2 Å². The van der Waals surface area contributed by atoms with Gasteiger partial charge in [-0.2, -0.15) is 13.2 Å². The summed E-state index contributed by atoms with van der Waals surface area (Å²) in [5.41, 5.74) is 2.13. The van der Waals surface area contributed by atoms with Gasteiger partial charge in [-0.3, -0.25) is 9.78 Å². The minimum Gasteiger partial charge on any atom is -0.368 e. The molecule has 0 bridgehead atoms. The van der Waals surface area contributed by atoms with Crippen LogP contribution in [0.4, 0.5) is 13.2 Å². The maximum atomic E-state index is 13.0. The highest BCUT2D eigenvalue weighted by atomic mass is 19.4. The van der Waals surface area contributed by atoms with Crippen molar-refractivity contribution in [2.75, 3.05) is 19.7 Å². The number of hydrogen-bond acceptors (Lipinski definition) is 4. The predicted octanol–water partition coefficient (Wildman–Crippen LogP) is 3.95. The molecular formula is C23H23F3N4O2. The van der Waals surface area contributed by atoms with Crippen molar-refractivity contribution in [1.29, 1.82) is 0 Å². The Morgan fingerprint density at radius 3 is 2.75 bits per heavy atom. The number of aromatic nitrogens is 3. The molecule has 0 aliphatic carbocycles. The summed E-state index contributed by atoms with van der Waals surface area (Å²) in [5, 5.41) is 0. The first kappa shape index (κ1) is 22.0. The van der Waals surface area contributed by atoms with E-state index in [0.29, 0.717) is 43.2 Å². The van der Waals surface area contributed by atoms with E-state index in [4.69, 9.17) is 4.74 Å². The molecule has 0 radical (unpaired) electrons. The molecule has 1 aliphatic heterocycles. The Morgan fingerprint density at radius 2 is 2.03 bits per heavy atom. The second-order valence-electron chi connectivity index (χ2n) is 7.89. The van der Waals surface area contributed by atoms with Crippen molar-refractivity contribution in [2.45, 2.75) is 25.6 Å². The average Bonchev–Trinajstić information content (AvgIpc) is 3.18. The van der Waals surface area contributed by atoms with Gasteiger partial charge in [0.1, 0.15) is 6.10 Å². The van der Waals surface area contributed by atoms with Crippen molar-refractivity contribution in [3.05, 3.63) is 82.7 Å². The smallest absolute Gasteiger partial charge is 0.368 e. The summed E-state index contributed by atoms with van der Waals surface area (Å²) < 4.78 is 46.7. The highest BCUT2D eigenvalue weighted by molar-refractivity contribution is 5.90. The fraction of sp³-hybridized carbons (Fsp3) is 0.348. The number of pyridine rings is 1. The van der Waals surface area contributed by atoms with Gasteiger partial charge in [-0.25, -0.2) is 4.98 Å². The van der Waals surface area contributed by atoms with E-state index in [1.165, 1.54) is 12.1 Å². The first-order chi connectivity index (χ1) is 15.2. The number of rotatable bonds is 4. The Morgan fingerprint density at radius 1 is 1.22 bits per heavy atom. The Labute approximate surface area is 183 Å². The van der Waals surface area contributed by atoms with Gasteiger partial charge in [-0.15, -0.1) is 0 Å². The van der Waals surface area contributed by atoms with Crippen LogP contribution in [0.2, 0.25) is 0 Å². The third-order valence-corrected chi connectivity index (χ3v) is 5.39. The van der Waals surface area contributed by atoms with E-state index in [1.807, 2.05) is 19.1 Å². The quantitative estimate of drug-likeness (QED) is 0.612. The molecule has 32 heavy (non-hydrogen) atoms. The van der Waals surface area contributed by atoms with Gasteiger partial charge in [-0.05, 0) is 42.7 Å². The Kier molecular flexibility index (Phi) is 6.01. The number of halogens is 3. The standard InChI is InChI=1S/C23H23F3N4O2/c1-15-10-17(11-16-4-3-5-18(12-16)23(24,25)26)13-19(28-15)20-14-30(8-9-32-20)22(31)21-27-6-7-29(21)2/h3-7,10,12-13,20H,8-9,11,14H2,1-2H3/t20-/m0/s1. The fourth-order valence-corrected chi connectivity index (χ4v) is 3.85. The molecule has 1 fully saturated rings. The van der Waals surface area contributed by atoms with Crippen LogP contribution < -0.4 is 0 Å². The molecule has 1 aromatic carbocycles. The summed E-state index contributed by atoms with van der Waals surface area (Å²) >= 11 is 0. The van der Waals surface area contributed by atoms with Crippen LogP contribution in [0.5, 0.6) is 0 Å². The molecule has 6 nitrogen and oxygen atoms in total. The Hall–Kier alpha value is -3.20. The summed E-state index contributed by atoms with van der Waals surface area (Å²) in [6.45, 7) is 2.97. The zero-order valence-electron chi connectivity index (χ0n) is 17.8. The summed E-state index contributed by atoms with van der Waals surface area (Å²) in [6, 6.07) is 9.01. The first-order valence-corrected chi connectivity index (χ1v) is 10.2. The van der Waals surface area contributed by atoms with Gasteiger partial charge in [0.05, 0.1) is 24.4 Å². The minimum absolute atomic E-state index is 0.178.